The minimum absolute atomic E-state index is 0.396. The summed E-state index contributed by atoms with van der Waals surface area (Å²) in [5.74, 6) is -0.445. The normalized spacial score (nSPS) is 15.4. The van der Waals surface area contributed by atoms with Gasteiger partial charge in [-0.2, -0.15) is 0 Å². The average molecular weight is 249 g/mol. The molecule has 18 heavy (non-hydrogen) atoms. The smallest absolute Gasteiger partial charge is 0.337 e. The molecule has 0 spiro atoms. The third kappa shape index (κ3) is 2.40. The van der Waals surface area contributed by atoms with Gasteiger partial charge in [0.1, 0.15) is 6.17 Å². The highest BCUT2D eigenvalue weighted by Gasteiger charge is 2.23. The van der Waals surface area contributed by atoms with E-state index < -0.39 is 24.2 Å². The summed E-state index contributed by atoms with van der Waals surface area (Å²) in [6.07, 6.45) is -0.613. The Morgan fingerprint density at radius 1 is 1.11 bits per heavy atom. The van der Waals surface area contributed by atoms with Gasteiger partial charge in [0.25, 0.3) is 0 Å². The Morgan fingerprint density at radius 3 is 2.17 bits per heavy atom. The van der Waals surface area contributed by atoms with Gasteiger partial charge in [0, 0.05) is 0 Å². The Kier molecular flexibility index (Phi) is 3.13. The summed E-state index contributed by atoms with van der Waals surface area (Å²) in [5.41, 5.74) is 1.05. The second kappa shape index (κ2) is 4.74. The Bertz CT molecular complexity index is 482. The number of amides is 4. The van der Waals surface area contributed by atoms with E-state index in [1.165, 1.54) is 7.11 Å². The molecule has 0 bridgehead atoms. The van der Waals surface area contributed by atoms with Crippen LogP contribution in [-0.4, -0.2) is 25.1 Å². The topological polar surface area (TPSA) is 96.5 Å². The molecular weight excluding hydrogens is 238 g/mol. The summed E-state index contributed by atoms with van der Waals surface area (Å²) >= 11 is 0. The first kappa shape index (κ1) is 11.9. The Labute approximate surface area is 102 Å². The van der Waals surface area contributed by atoms with Gasteiger partial charge in [-0.15, -0.1) is 0 Å². The van der Waals surface area contributed by atoms with Crippen LogP contribution >= 0.6 is 0 Å². The molecule has 0 aromatic heterocycles. The van der Waals surface area contributed by atoms with Crippen molar-refractivity contribution in [3.63, 3.8) is 0 Å². The standard InChI is InChI=1S/C11H11N3O4/c1-18-9(15)7-4-2-6(3-5-7)8-12-10(16)14-11(17)13-8/h2-5,8H,1H3,(H3,12,13,14,16,17). The van der Waals surface area contributed by atoms with E-state index in [2.05, 4.69) is 15.4 Å². The maximum atomic E-state index is 11.2. The van der Waals surface area contributed by atoms with Crippen LogP contribution in [0.4, 0.5) is 9.59 Å². The summed E-state index contributed by atoms with van der Waals surface area (Å²) in [7, 11) is 1.30. The molecule has 4 amide bonds. The van der Waals surface area contributed by atoms with Crippen molar-refractivity contribution in [2.75, 3.05) is 7.11 Å². The number of rotatable bonds is 2. The number of esters is 1. The number of hydrogen-bond donors (Lipinski definition) is 3. The van der Waals surface area contributed by atoms with Crippen LogP contribution < -0.4 is 16.0 Å². The molecule has 7 heteroatoms. The summed E-state index contributed by atoms with van der Waals surface area (Å²) in [6, 6.07) is 5.23. The Morgan fingerprint density at radius 2 is 1.67 bits per heavy atom. The van der Waals surface area contributed by atoms with E-state index in [4.69, 9.17) is 0 Å². The lowest BCUT2D eigenvalue weighted by Gasteiger charge is -2.25. The van der Waals surface area contributed by atoms with Crippen LogP contribution in [0.15, 0.2) is 24.3 Å². The van der Waals surface area contributed by atoms with E-state index in [0.717, 1.165) is 0 Å². The van der Waals surface area contributed by atoms with Gasteiger partial charge in [0.2, 0.25) is 0 Å². The zero-order valence-corrected chi connectivity index (χ0v) is 9.52. The van der Waals surface area contributed by atoms with Crippen molar-refractivity contribution in [2.24, 2.45) is 0 Å². The SMILES string of the molecule is COC(=O)c1ccc(C2NC(=O)NC(=O)N2)cc1. The van der Waals surface area contributed by atoms with Gasteiger partial charge in [-0.25, -0.2) is 14.4 Å². The summed E-state index contributed by atoms with van der Waals surface area (Å²) in [4.78, 5) is 33.5. The van der Waals surface area contributed by atoms with Crippen LogP contribution in [0.3, 0.4) is 0 Å². The minimum Gasteiger partial charge on any atom is -0.465 e. The van der Waals surface area contributed by atoms with E-state index in [-0.39, 0.29) is 0 Å². The molecule has 0 aliphatic carbocycles. The molecule has 2 rings (SSSR count). The fourth-order valence-corrected chi connectivity index (χ4v) is 1.57. The molecule has 1 fully saturated rings. The van der Waals surface area contributed by atoms with Crippen LogP contribution in [0.2, 0.25) is 0 Å². The number of benzene rings is 1. The number of ether oxygens (including phenoxy) is 1. The highest BCUT2D eigenvalue weighted by atomic mass is 16.5. The van der Waals surface area contributed by atoms with Crippen LogP contribution in [0.1, 0.15) is 22.1 Å². The van der Waals surface area contributed by atoms with Gasteiger partial charge in [0.15, 0.2) is 0 Å². The summed E-state index contributed by atoms with van der Waals surface area (Å²) in [5, 5.41) is 7.10. The molecular formula is C11H11N3O4. The first-order valence-electron chi connectivity index (χ1n) is 5.16. The van der Waals surface area contributed by atoms with Crippen molar-refractivity contribution < 1.29 is 19.1 Å². The first-order chi connectivity index (χ1) is 8.60. The van der Waals surface area contributed by atoms with Crippen molar-refractivity contribution in [3.05, 3.63) is 35.4 Å². The molecule has 1 aromatic rings. The molecule has 1 aliphatic heterocycles. The first-order valence-corrected chi connectivity index (χ1v) is 5.16. The van der Waals surface area contributed by atoms with Gasteiger partial charge in [-0.3, -0.25) is 5.32 Å². The van der Waals surface area contributed by atoms with Crippen molar-refractivity contribution in [1.29, 1.82) is 0 Å². The van der Waals surface area contributed by atoms with Crippen LogP contribution in [-0.2, 0) is 4.74 Å². The molecule has 1 aliphatic rings. The number of nitrogens with one attached hydrogen (secondary N) is 3. The van der Waals surface area contributed by atoms with Crippen LogP contribution in [0, 0.1) is 0 Å². The third-order valence-corrected chi connectivity index (χ3v) is 2.44. The van der Waals surface area contributed by atoms with Crippen molar-refractivity contribution >= 4 is 18.0 Å². The molecule has 7 nitrogen and oxygen atoms in total. The molecule has 1 saturated heterocycles. The van der Waals surface area contributed by atoms with Gasteiger partial charge in [-0.05, 0) is 17.7 Å². The maximum absolute atomic E-state index is 11.2. The molecule has 1 aromatic carbocycles. The lowest BCUT2D eigenvalue weighted by Crippen LogP contribution is -2.56. The quantitative estimate of drug-likeness (QED) is 0.665. The van der Waals surface area contributed by atoms with Crippen LogP contribution in [0.25, 0.3) is 0 Å². The van der Waals surface area contributed by atoms with E-state index in [1.807, 2.05) is 5.32 Å². The second-order valence-corrected chi connectivity index (χ2v) is 3.62. The number of hydrogen-bond acceptors (Lipinski definition) is 4. The number of methoxy groups -OCH3 is 1. The number of carbonyl (C=O) groups excluding carboxylic acids is 3. The van der Waals surface area contributed by atoms with E-state index in [0.29, 0.717) is 11.1 Å². The fraction of sp³-hybridized carbons (Fsp3) is 0.182. The van der Waals surface area contributed by atoms with Gasteiger partial charge in [0.05, 0.1) is 12.7 Å². The van der Waals surface area contributed by atoms with Gasteiger partial charge in [-0.1, -0.05) is 12.1 Å². The zero-order chi connectivity index (χ0) is 13.1. The fourth-order valence-electron chi connectivity index (χ4n) is 1.57. The molecule has 0 radical (unpaired) electrons. The lowest BCUT2D eigenvalue weighted by atomic mass is 10.1. The van der Waals surface area contributed by atoms with Crippen molar-refractivity contribution in [1.82, 2.24) is 16.0 Å². The Hall–Kier alpha value is -2.57. The monoisotopic (exact) mass is 249 g/mol. The molecule has 94 valence electrons. The summed E-state index contributed by atoms with van der Waals surface area (Å²) in [6.45, 7) is 0. The van der Waals surface area contributed by atoms with E-state index in [1.54, 1.807) is 24.3 Å². The minimum atomic E-state index is -0.613. The molecule has 0 unspecified atom stereocenters. The molecule has 3 N–H and O–H groups in total. The highest BCUT2D eigenvalue weighted by Crippen LogP contribution is 2.13. The summed E-state index contributed by atoms with van der Waals surface area (Å²) < 4.78 is 4.57. The predicted molar refractivity (Wildman–Crippen MR) is 60.7 cm³/mol. The average Bonchev–Trinajstić information content (AvgIpc) is 2.37. The highest BCUT2D eigenvalue weighted by molar-refractivity contribution is 5.96. The number of carbonyl (C=O) groups is 3. The number of imide groups is 1. The van der Waals surface area contributed by atoms with Crippen molar-refractivity contribution in [2.45, 2.75) is 6.17 Å². The molecule has 1 heterocycles. The molecule has 0 atom stereocenters. The van der Waals surface area contributed by atoms with E-state index in [9.17, 15) is 14.4 Å². The zero-order valence-electron chi connectivity index (χ0n) is 9.52. The van der Waals surface area contributed by atoms with Gasteiger partial charge < -0.3 is 15.4 Å². The van der Waals surface area contributed by atoms with Gasteiger partial charge >= 0.3 is 18.0 Å². The van der Waals surface area contributed by atoms with Crippen molar-refractivity contribution in [3.8, 4) is 0 Å². The largest absolute Gasteiger partial charge is 0.465 e. The lowest BCUT2D eigenvalue weighted by molar-refractivity contribution is 0.0600. The van der Waals surface area contributed by atoms with Crippen LogP contribution in [0.5, 0.6) is 0 Å². The Balaban J connectivity index is 2.16. The predicted octanol–water partition coefficient (Wildman–Crippen LogP) is 0.494. The molecule has 0 saturated carbocycles. The maximum Gasteiger partial charge on any atom is 0.337 e. The third-order valence-electron chi connectivity index (χ3n) is 2.44. The number of urea groups is 2. The van der Waals surface area contributed by atoms with E-state index >= 15 is 0 Å². The second-order valence-electron chi connectivity index (χ2n) is 3.62.